The van der Waals surface area contributed by atoms with Gasteiger partial charge in [-0.05, 0) is 81.5 Å². The first-order valence-corrected chi connectivity index (χ1v) is 15.9. The van der Waals surface area contributed by atoms with Crippen molar-refractivity contribution in [1.29, 1.82) is 0 Å². The molecule has 0 bridgehead atoms. The van der Waals surface area contributed by atoms with E-state index in [1.165, 1.54) is 35.9 Å². The van der Waals surface area contributed by atoms with Crippen LogP contribution in [0, 0.1) is 18.6 Å². The van der Waals surface area contributed by atoms with Crippen molar-refractivity contribution in [3.05, 3.63) is 99.4 Å². The molecule has 0 spiro atoms. The summed E-state index contributed by atoms with van der Waals surface area (Å²) < 4.78 is 28.1. The molecule has 234 valence electrons. The Bertz CT molecular complexity index is 1660. The third-order valence-corrected chi connectivity index (χ3v) is 9.42. The van der Waals surface area contributed by atoms with Crippen LogP contribution in [-0.2, 0) is 6.42 Å². The maximum absolute atomic E-state index is 14.0. The van der Waals surface area contributed by atoms with Crippen LogP contribution in [0.25, 0.3) is 11.3 Å². The summed E-state index contributed by atoms with van der Waals surface area (Å²) in [6.07, 6.45) is 6.78. The molecule has 3 N–H and O–H groups in total. The largest absolute Gasteiger partial charge is 0.389 e. The zero-order valence-electron chi connectivity index (χ0n) is 24.7. The van der Waals surface area contributed by atoms with Crippen molar-refractivity contribution < 1.29 is 23.5 Å². The van der Waals surface area contributed by atoms with Crippen molar-refractivity contribution in [2.75, 3.05) is 13.1 Å². The molecule has 0 saturated carbocycles. The molecular weight excluding hydrogens is 598 g/mol. The first-order chi connectivity index (χ1) is 21.7. The highest BCUT2D eigenvalue weighted by molar-refractivity contribution is 7.09. The SMILES string of the molecule is Cc1csc([C@H]2CCCN2C(=O)c2cc(C(=O)N[C@@H](Cc3cc(F)cc(F)c3)[C@@H](O)[C@H]3CCCN3)cc(-c3cnccn3)c2)n1. The van der Waals surface area contributed by atoms with Gasteiger partial charge in [0.15, 0.2) is 0 Å². The van der Waals surface area contributed by atoms with Gasteiger partial charge in [0.1, 0.15) is 16.6 Å². The Labute approximate surface area is 263 Å². The minimum atomic E-state index is -1.03. The fourth-order valence-electron chi connectivity index (χ4n) is 6.21. The van der Waals surface area contributed by atoms with Crippen LogP contribution in [0.2, 0.25) is 0 Å². The lowest BCUT2D eigenvalue weighted by Gasteiger charge is -2.29. The molecular formula is C33H34F2N6O3S. The summed E-state index contributed by atoms with van der Waals surface area (Å²) in [5.74, 6) is -2.25. The van der Waals surface area contributed by atoms with E-state index < -0.39 is 29.7 Å². The molecule has 2 aromatic heterocycles. The smallest absolute Gasteiger partial charge is 0.254 e. The maximum Gasteiger partial charge on any atom is 0.254 e. The number of nitrogens with zero attached hydrogens (tertiary/aromatic N) is 4. The lowest BCUT2D eigenvalue weighted by atomic mass is 9.94. The van der Waals surface area contributed by atoms with Crippen LogP contribution in [-0.4, -0.2) is 68.0 Å². The summed E-state index contributed by atoms with van der Waals surface area (Å²) in [7, 11) is 0. The van der Waals surface area contributed by atoms with E-state index >= 15 is 0 Å². The Morgan fingerprint density at radius 2 is 1.89 bits per heavy atom. The number of carbonyl (C=O) groups excluding carboxylic acids is 2. The number of nitrogens with one attached hydrogen (secondary N) is 2. The number of benzene rings is 2. The van der Waals surface area contributed by atoms with Crippen molar-refractivity contribution in [2.24, 2.45) is 0 Å². The van der Waals surface area contributed by atoms with Crippen LogP contribution in [0.5, 0.6) is 0 Å². The number of hydrogen-bond acceptors (Lipinski definition) is 8. The normalized spacial score (nSPS) is 19.4. The van der Waals surface area contributed by atoms with Gasteiger partial charge in [-0.3, -0.25) is 19.6 Å². The Kier molecular flexibility index (Phi) is 9.24. The molecule has 2 fully saturated rings. The van der Waals surface area contributed by atoms with Crippen molar-refractivity contribution in [3.8, 4) is 11.3 Å². The van der Waals surface area contributed by atoms with Crippen LogP contribution in [0.15, 0.2) is 60.4 Å². The van der Waals surface area contributed by atoms with Crippen LogP contribution in [0.3, 0.4) is 0 Å². The number of rotatable bonds is 9. The van der Waals surface area contributed by atoms with Crippen molar-refractivity contribution in [1.82, 2.24) is 30.5 Å². The minimum absolute atomic E-state index is 0.00189. The zero-order valence-corrected chi connectivity index (χ0v) is 25.6. The van der Waals surface area contributed by atoms with Gasteiger partial charge in [-0.2, -0.15) is 0 Å². The first-order valence-electron chi connectivity index (χ1n) is 15.1. The molecule has 4 heterocycles. The van der Waals surface area contributed by atoms with E-state index in [1.807, 2.05) is 12.3 Å². The second-order valence-corrected chi connectivity index (χ2v) is 12.5. The van der Waals surface area contributed by atoms with Crippen LogP contribution in [0.1, 0.15) is 68.7 Å². The Balaban J connectivity index is 1.33. The van der Waals surface area contributed by atoms with Crippen molar-refractivity contribution in [3.63, 3.8) is 0 Å². The minimum Gasteiger partial charge on any atom is -0.389 e. The predicted octanol–water partition coefficient (Wildman–Crippen LogP) is 4.62. The lowest BCUT2D eigenvalue weighted by Crippen LogP contribution is -2.52. The van der Waals surface area contributed by atoms with Crippen LogP contribution in [0.4, 0.5) is 8.78 Å². The van der Waals surface area contributed by atoms with E-state index in [-0.39, 0.29) is 30.0 Å². The standard InChI is InChI=1S/C33H34F2N6O3S/c1-19-18-45-32(39-19)29-5-3-9-41(29)33(44)23-14-21(28-17-36-7-8-38-28)13-22(15-23)31(43)40-27(30(42)26-4-2-6-37-26)12-20-10-24(34)16-25(35)11-20/h7-8,10-11,13-18,26-27,29-30,37,42H,2-6,9,12H2,1H3,(H,40,43)/t26-,27+,29-,30+/m1/s1. The number of likely N-dealkylation sites (tertiary alicyclic amines) is 1. The Morgan fingerprint density at radius 3 is 2.58 bits per heavy atom. The molecule has 2 aliphatic heterocycles. The summed E-state index contributed by atoms with van der Waals surface area (Å²) in [5.41, 5.74) is 2.72. The van der Waals surface area contributed by atoms with Gasteiger partial charge in [-0.15, -0.1) is 11.3 Å². The molecule has 2 amide bonds. The molecule has 4 aromatic rings. The number of aryl methyl sites for hydroxylation is 1. The Morgan fingerprint density at radius 1 is 1.09 bits per heavy atom. The number of amides is 2. The van der Waals surface area contributed by atoms with Gasteiger partial charge in [0.05, 0.1) is 30.1 Å². The molecule has 6 rings (SSSR count). The van der Waals surface area contributed by atoms with Crippen LogP contribution >= 0.6 is 11.3 Å². The number of thiazole rings is 1. The number of halogens is 2. The third kappa shape index (κ3) is 7.08. The number of hydrogen-bond donors (Lipinski definition) is 3. The quantitative estimate of drug-likeness (QED) is 0.246. The van der Waals surface area contributed by atoms with E-state index in [4.69, 9.17) is 0 Å². The molecule has 2 saturated heterocycles. The number of aliphatic hydroxyl groups is 1. The number of carbonyl (C=O) groups is 2. The molecule has 45 heavy (non-hydrogen) atoms. The molecule has 12 heteroatoms. The van der Waals surface area contributed by atoms with Gasteiger partial charge in [0.2, 0.25) is 0 Å². The second kappa shape index (κ2) is 13.5. The highest BCUT2D eigenvalue weighted by Crippen LogP contribution is 2.35. The van der Waals surface area contributed by atoms with E-state index in [0.717, 1.165) is 42.6 Å². The molecule has 0 unspecified atom stereocenters. The third-order valence-electron chi connectivity index (χ3n) is 8.35. The predicted molar refractivity (Wildman–Crippen MR) is 166 cm³/mol. The van der Waals surface area contributed by atoms with Gasteiger partial charge >= 0.3 is 0 Å². The zero-order chi connectivity index (χ0) is 31.5. The summed E-state index contributed by atoms with van der Waals surface area (Å²) in [6, 6.07) is 6.72. The monoisotopic (exact) mass is 632 g/mol. The van der Waals surface area contributed by atoms with Crippen LogP contribution < -0.4 is 10.6 Å². The van der Waals surface area contributed by atoms with Gasteiger partial charge < -0.3 is 20.6 Å². The van der Waals surface area contributed by atoms with E-state index in [1.54, 1.807) is 29.3 Å². The van der Waals surface area contributed by atoms with Gasteiger partial charge in [-0.25, -0.2) is 13.8 Å². The molecule has 2 aromatic carbocycles. The number of aromatic nitrogens is 3. The highest BCUT2D eigenvalue weighted by Gasteiger charge is 2.34. The topological polar surface area (TPSA) is 120 Å². The van der Waals surface area contributed by atoms with E-state index in [2.05, 4.69) is 25.6 Å². The van der Waals surface area contributed by atoms with Gasteiger partial charge in [0, 0.05) is 58.8 Å². The van der Waals surface area contributed by atoms with E-state index in [0.29, 0.717) is 35.3 Å². The maximum atomic E-state index is 14.0. The second-order valence-electron chi connectivity index (χ2n) is 11.6. The number of aliphatic hydroxyl groups excluding tert-OH is 1. The summed E-state index contributed by atoms with van der Waals surface area (Å²) in [5, 5.41) is 20.3. The first kappa shape index (κ1) is 30.9. The van der Waals surface area contributed by atoms with Crippen molar-refractivity contribution >= 4 is 23.2 Å². The molecule has 9 nitrogen and oxygen atoms in total. The van der Waals surface area contributed by atoms with Crippen molar-refractivity contribution in [2.45, 2.75) is 63.3 Å². The average Bonchev–Trinajstić information content (AvgIpc) is 3.82. The molecule has 2 aliphatic rings. The summed E-state index contributed by atoms with van der Waals surface area (Å²) in [4.78, 5) is 42.9. The average molecular weight is 633 g/mol. The van der Waals surface area contributed by atoms with Gasteiger partial charge in [-0.1, -0.05) is 0 Å². The van der Waals surface area contributed by atoms with E-state index in [9.17, 15) is 23.5 Å². The lowest BCUT2D eigenvalue weighted by molar-refractivity contribution is 0.0733. The molecule has 4 atom stereocenters. The molecule has 0 radical (unpaired) electrons. The summed E-state index contributed by atoms with van der Waals surface area (Å²) >= 11 is 1.53. The summed E-state index contributed by atoms with van der Waals surface area (Å²) in [6.45, 7) is 3.21. The fourth-order valence-corrected chi connectivity index (χ4v) is 7.15. The highest BCUT2D eigenvalue weighted by atomic mass is 32.1. The Hall–Kier alpha value is -4.13. The van der Waals surface area contributed by atoms with Gasteiger partial charge in [0.25, 0.3) is 11.8 Å². The molecule has 0 aliphatic carbocycles. The fraction of sp³-hybridized carbons (Fsp3) is 0.364.